The van der Waals surface area contributed by atoms with Crippen LogP contribution in [0.3, 0.4) is 0 Å². The topological polar surface area (TPSA) is 68.5 Å². The van der Waals surface area contributed by atoms with Crippen molar-refractivity contribution in [1.82, 2.24) is 24.7 Å². The van der Waals surface area contributed by atoms with Crippen LogP contribution in [0.1, 0.15) is 50.2 Å². The Morgan fingerprint density at radius 3 is 2.95 bits per heavy atom. The minimum absolute atomic E-state index is 0.402. The van der Waals surface area contributed by atoms with Gasteiger partial charge in [-0.1, -0.05) is 13.8 Å². The highest BCUT2D eigenvalue weighted by atomic mass is 15.3. The summed E-state index contributed by atoms with van der Waals surface area (Å²) in [7, 11) is 0. The second-order valence-corrected chi connectivity index (χ2v) is 5.22. The first-order chi connectivity index (χ1) is 9.24. The summed E-state index contributed by atoms with van der Waals surface area (Å²) in [6, 6.07) is 2.59. The second-order valence-electron chi connectivity index (χ2n) is 5.22. The van der Waals surface area contributed by atoms with Crippen LogP contribution in [0, 0.1) is 0 Å². The first kappa shape index (κ1) is 12.1. The number of nitrogens with one attached hydrogen (secondary N) is 1. The summed E-state index contributed by atoms with van der Waals surface area (Å²) in [6.07, 6.45) is 5.88. The van der Waals surface area contributed by atoms with Crippen LogP contribution in [0.25, 0.3) is 0 Å². The van der Waals surface area contributed by atoms with Gasteiger partial charge in [-0.25, -0.2) is 9.97 Å². The predicted octanol–water partition coefficient (Wildman–Crippen LogP) is 2.14. The van der Waals surface area contributed by atoms with Gasteiger partial charge in [-0.05, 0) is 18.8 Å². The molecule has 19 heavy (non-hydrogen) atoms. The van der Waals surface area contributed by atoms with Crippen molar-refractivity contribution in [3.8, 4) is 0 Å². The minimum Gasteiger partial charge on any atom is -0.363 e. The molecule has 0 aliphatic heterocycles. The fourth-order valence-electron chi connectivity index (χ4n) is 2.01. The van der Waals surface area contributed by atoms with Crippen LogP contribution in [0.4, 0.5) is 5.82 Å². The van der Waals surface area contributed by atoms with Gasteiger partial charge < -0.3 is 9.88 Å². The van der Waals surface area contributed by atoms with E-state index < -0.39 is 0 Å². The number of hydrogen-bond donors (Lipinski definition) is 1. The summed E-state index contributed by atoms with van der Waals surface area (Å²) < 4.78 is 2.15. The van der Waals surface area contributed by atoms with E-state index in [2.05, 4.69) is 43.9 Å². The van der Waals surface area contributed by atoms with Gasteiger partial charge in [0.2, 0.25) is 0 Å². The molecule has 100 valence electrons. The van der Waals surface area contributed by atoms with Crippen LogP contribution >= 0.6 is 0 Å². The fourth-order valence-corrected chi connectivity index (χ4v) is 2.01. The van der Waals surface area contributed by atoms with Crippen molar-refractivity contribution in [3.63, 3.8) is 0 Å². The van der Waals surface area contributed by atoms with Crippen molar-refractivity contribution in [2.75, 3.05) is 5.32 Å². The monoisotopic (exact) mass is 258 g/mol. The molecule has 0 radical (unpaired) electrons. The third-order valence-corrected chi connectivity index (χ3v) is 3.29. The average molecular weight is 258 g/mol. The van der Waals surface area contributed by atoms with Crippen LogP contribution in [0.15, 0.2) is 18.7 Å². The van der Waals surface area contributed by atoms with Crippen LogP contribution in [0.2, 0.25) is 0 Å². The first-order valence-electron chi connectivity index (χ1n) is 6.68. The predicted molar refractivity (Wildman–Crippen MR) is 71.7 cm³/mol. The molecule has 6 heteroatoms. The van der Waals surface area contributed by atoms with Gasteiger partial charge in [0.1, 0.15) is 18.5 Å². The number of hydrogen-bond acceptors (Lipinski definition) is 5. The summed E-state index contributed by atoms with van der Waals surface area (Å²) in [4.78, 5) is 8.49. The molecule has 1 aliphatic rings. The molecule has 2 aromatic heterocycles. The Morgan fingerprint density at radius 2 is 2.21 bits per heavy atom. The highest BCUT2D eigenvalue weighted by Gasteiger charge is 2.25. The lowest BCUT2D eigenvalue weighted by atomic mass is 10.1. The second kappa shape index (κ2) is 4.95. The van der Waals surface area contributed by atoms with E-state index in [9.17, 15) is 0 Å². The molecule has 3 rings (SSSR count). The van der Waals surface area contributed by atoms with Gasteiger partial charge in [0.25, 0.3) is 0 Å². The van der Waals surface area contributed by atoms with Gasteiger partial charge in [0.15, 0.2) is 5.82 Å². The standard InChI is InChI=1S/C13H18N6/c1-9(2)11-5-12(16-7-15-11)14-6-13-18-17-8-19(13)10-3-4-10/h5,7-10H,3-4,6H2,1-2H3,(H,14,15,16). The van der Waals surface area contributed by atoms with Crippen molar-refractivity contribution < 1.29 is 0 Å². The van der Waals surface area contributed by atoms with E-state index >= 15 is 0 Å². The molecule has 0 atom stereocenters. The van der Waals surface area contributed by atoms with E-state index in [0.717, 1.165) is 17.3 Å². The lowest BCUT2D eigenvalue weighted by molar-refractivity contribution is 0.689. The number of nitrogens with zero attached hydrogens (tertiary/aromatic N) is 5. The van der Waals surface area contributed by atoms with E-state index in [1.54, 1.807) is 6.33 Å². The molecule has 6 nitrogen and oxygen atoms in total. The summed E-state index contributed by atoms with van der Waals surface area (Å²) in [5, 5.41) is 11.4. The summed E-state index contributed by atoms with van der Waals surface area (Å²) in [5.74, 6) is 2.20. The normalized spacial score (nSPS) is 14.9. The lowest BCUT2D eigenvalue weighted by Gasteiger charge is -2.09. The minimum atomic E-state index is 0.402. The Hall–Kier alpha value is -1.98. The zero-order chi connectivity index (χ0) is 13.2. The molecule has 0 amide bonds. The maximum absolute atomic E-state index is 4.26. The van der Waals surface area contributed by atoms with Crippen LogP contribution < -0.4 is 5.32 Å². The Balaban J connectivity index is 1.68. The SMILES string of the molecule is CC(C)c1cc(NCc2nncn2C2CC2)ncn1. The number of aromatic nitrogens is 5. The van der Waals surface area contributed by atoms with E-state index in [-0.39, 0.29) is 0 Å². The van der Waals surface area contributed by atoms with Crippen LogP contribution in [-0.4, -0.2) is 24.7 Å². The summed E-state index contributed by atoms with van der Waals surface area (Å²) in [6.45, 7) is 4.89. The van der Waals surface area contributed by atoms with Gasteiger partial charge in [-0.2, -0.15) is 0 Å². The van der Waals surface area contributed by atoms with Crippen molar-refractivity contribution >= 4 is 5.82 Å². The smallest absolute Gasteiger partial charge is 0.152 e. The van der Waals surface area contributed by atoms with E-state index in [1.165, 1.54) is 12.8 Å². The Bertz CT molecular complexity index is 558. The van der Waals surface area contributed by atoms with Crippen molar-refractivity contribution in [2.45, 2.75) is 45.2 Å². The van der Waals surface area contributed by atoms with E-state index in [0.29, 0.717) is 18.5 Å². The van der Waals surface area contributed by atoms with Gasteiger partial charge in [0, 0.05) is 17.8 Å². The Kier molecular flexibility index (Phi) is 3.15. The van der Waals surface area contributed by atoms with Crippen molar-refractivity contribution in [3.05, 3.63) is 30.2 Å². The Morgan fingerprint density at radius 1 is 1.37 bits per heavy atom. The van der Waals surface area contributed by atoms with Crippen molar-refractivity contribution in [1.29, 1.82) is 0 Å². The maximum Gasteiger partial charge on any atom is 0.152 e. The molecule has 1 N–H and O–H groups in total. The fraction of sp³-hybridized carbons (Fsp3) is 0.538. The quantitative estimate of drug-likeness (QED) is 0.889. The third-order valence-electron chi connectivity index (χ3n) is 3.29. The molecule has 1 saturated carbocycles. The first-order valence-corrected chi connectivity index (χ1v) is 6.68. The molecule has 1 aliphatic carbocycles. The lowest BCUT2D eigenvalue weighted by Crippen LogP contribution is -2.09. The van der Waals surface area contributed by atoms with Crippen molar-refractivity contribution in [2.24, 2.45) is 0 Å². The largest absolute Gasteiger partial charge is 0.363 e. The molecule has 0 unspecified atom stereocenters. The number of anilines is 1. The Labute approximate surface area is 112 Å². The van der Waals surface area contributed by atoms with E-state index in [4.69, 9.17) is 0 Å². The van der Waals surface area contributed by atoms with Gasteiger partial charge in [-0.3, -0.25) is 0 Å². The van der Waals surface area contributed by atoms with Crippen LogP contribution in [-0.2, 0) is 6.54 Å². The summed E-state index contributed by atoms with van der Waals surface area (Å²) >= 11 is 0. The average Bonchev–Trinajstić information content (AvgIpc) is 3.16. The van der Waals surface area contributed by atoms with Crippen LogP contribution in [0.5, 0.6) is 0 Å². The zero-order valence-electron chi connectivity index (χ0n) is 11.2. The molecule has 2 heterocycles. The van der Waals surface area contributed by atoms with Gasteiger partial charge >= 0.3 is 0 Å². The molecule has 0 spiro atoms. The van der Waals surface area contributed by atoms with E-state index in [1.807, 2.05) is 12.4 Å². The molecule has 1 fully saturated rings. The number of rotatable bonds is 5. The highest BCUT2D eigenvalue weighted by molar-refractivity contribution is 5.35. The maximum atomic E-state index is 4.26. The van der Waals surface area contributed by atoms with Gasteiger partial charge in [-0.15, -0.1) is 10.2 Å². The zero-order valence-corrected chi connectivity index (χ0v) is 11.2. The summed E-state index contributed by atoms with van der Waals surface area (Å²) in [5.41, 5.74) is 1.04. The molecule has 0 bridgehead atoms. The third kappa shape index (κ3) is 2.72. The van der Waals surface area contributed by atoms with Gasteiger partial charge in [0.05, 0.1) is 6.54 Å². The molecular weight excluding hydrogens is 240 g/mol. The molecule has 0 aromatic carbocycles. The molecule has 0 saturated heterocycles. The molecule has 2 aromatic rings. The molecular formula is C13H18N6. The highest BCUT2D eigenvalue weighted by Crippen LogP contribution is 2.35.